The molecule has 0 aliphatic rings. The molecule has 0 aliphatic heterocycles. The number of hydrogen-bond donors (Lipinski definition) is 0. The average Bonchev–Trinajstić information content (AvgIpc) is 3.10. The minimum absolute atomic E-state index is 0.318. The lowest BCUT2D eigenvalue weighted by molar-refractivity contribution is -0.138. The third-order valence-corrected chi connectivity index (χ3v) is 6.33. The third-order valence-electron chi connectivity index (χ3n) is 6.33. The number of esters is 3. The number of nitrogens with zero attached hydrogens (tertiary/aromatic N) is 1. The maximum absolute atomic E-state index is 12.4. The number of benzene rings is 3. The molecule has 10 heteroatoms. The lowest BCUT2D eigenvalue weighted by atomic mass is 10.2. The smallest absolute Gasteiger partial charge is 0.336 e. The molecule has 10 nitrogen and oxygen atoms in total. The second-order valence-electron chi connectivity index (χ2n) is 9.84. The summed E-state index contributed by atoms with van der Waals surface area (Å²) >= 11 is 0. The van der Waals surface area contributed by atoms with E-state index in [0.717, 1.165) is 41.9 Å². The van der Waals surface area contributed by atoms with Crippen LogP contribution < -0.4 is 18.9 Å². The van der Waals surface area contributed by atoms with Crippen molar-refractivity contribution in [3.8, 4) is 23.0 Å². The Morgan fingerprint density at radius 3 is 1.70 bits per heavy atom. The summed E-state index contributed by atoms with van der Waals surface area (Å²) in [7, 11) is 1.52. The van der Waals surface area contributed by atoms with Crippen LogP contribution in [0.2, 0.25) is 0 Å². The summed E-state index contributed by atoms with van der Waals surface area (Å²) in [5.74, 6) is 0.790. The molecule has 0 atom stereocenters. The summed E-state index contributed by atoms with van der Waals surface area (Å²) in [6.45, 7) is 8.37. The SMILES string of the molecule is C=CC(=O)OCCCCOc1ccc(/C=C/C(=O)Oc2ccc(/N=C/c3ccc(OCCCCOC(=O)C=C)cc3)c(OC)c2)cc1. The number of unbranched alkanes of at least 4 members (excludes halogenated alkanes) is 2. The van der Waals surface area contributed by atoms with Crippen molar-refractivity contribution in [2.24, 2.45) is 4.99 Å². The van der Waals surface area contributed by atoms with Gasteiger partial charge in [0, 0.05) is 30.5 Å². The van der Waals surface area contributed by atoms with E-state index in [1.807, 2.05) is 48.5 Å². The first-order valence-electron chi connectivity index (χ1n) is 15.1. The number of rotatable bonds is 20. The second-order valence-corrected chi connectivity index (χ2v) is 9.84. The predicted octanol–water partition coefficient (Wildman–Crippen LogP) is 6.84. The van der Waals surface area contributed by atoms with Crippen molar-refractivity contribution in [1.82, 2.24) is 0 Å². The van der Waals surface area contributed by atoms with E-state index >= 15 is 0 Å². The first-order chi connectivity index (χ1) is 22.9. The van der Waals surface area contributed by atoms with E-state index in [1.54, 1.807) is 30.5 Å². The molecule has 0 heterocycles. The maximum Gasteiger partial charge on any atom is 0.336 e. The molecule has 0 aromatic heterocycles. The van der Waals surface area contributed by atoms with E-state index < -0.39 is 17.9 Å². The highest BCUT2D eigenvalue weighted by atomic mass is 16.5. The zero-order valence-corrected chi connectivity index (χ0v) is 26.4. The van der Waals surface area contributed by atoms with Crippen LogP contribution in [0.5, 0.6) is 23.0 Å². The Labute approximate surface area is 274 Å². The number of carbonyl (C=O) groups is 3. The zero-order chi connectivity index (χ0) is 33.7. The van der Waals surface area contributed by atoms with Gasteiger partial charge in [-0.1, -0.05) is 25.3 Å². The largest absolute Gasteiger partial charge is 0.494 e. The van der Waals surface area contributed by atoms with Crippen LogP contribution in [0.25, 0.3) is 6.08 Å². The van der Waals surface area contributed by atoms with Crippen LogP contribution in [-0.2, 0) is 23.9 Å². The van der Waals surface area contributed by atoms with Gasteiger partial charge in [0.2, 0.25) is 0 Å². The topological polar surface area (TPSA) is 119 Å². The molecule has 3 aromatic rings. The quantitative estimate of drug-likeness (QED) is 0.0429. The molecular weight excluding hydrogens is 602 g/mol. The van der Waals surface area contributed by atoms with Gasteiger partial charge in [-0.2, -0.15) is 0 Å². The molecule has 0 fully saturated rings. The molecule has 47 heavy (non-hydrogen) atoms. The first kappa shape index (κ1) is 35.8. The monoisotopic (exact) mass is 641 g/mol. The molecule has 0 radical (unpaired) electrons. The van der Waals surface area contributed by atoms with Gasteiger partial charge in [0.05, 0.1) is 33.5 Å². The molecule has 0 aliphatic carbocycles. The summed E-state index contributed by atoms with van der Waals surface area (Å²) in [5, 5.41) is 0. The molecular formula is C37H39NO9. The molecule has 0 saturated heterocycles. The Balaban J connectivity index is 1.42. The Morgan fingerprint density at radius 1 is 0.660 bits per heavy atom. The molecule has 3 aromatic carbocycles. The molecule has 0 bridgehead atoms. The van der Waals surface area contributed by atoms with Crippen molar-refractivity contribution >= 4 is 35.9 Å². The van der Waals surface area contributed by atoms with E-state index in [9.17, 15) is 14.4 Å². The summed E-state index contributed by atoms with van der Waals surface area (Å²) in [6, 6.07) is 19.7. The van der Waals surface area contributed by atoms with E-state index in [-0.39, 0.29) is 0 Å². The number of ether oxygens (including phenoxy) is 6. The zero-order valence-electron chi connectivity index (χ0n) is 26.4. The Bertz CT molecular complexity index is 1530. The van der Waals surface area contributed by atoms with E-state index in [1.165, 1.54) is 13.2 Å². The number of methoxy groups -OCH3 is 1. The van der Waals surface area contributed by atoms with Crippen molar-refractivity contribution in [3.63, 3.8) is 0 Å². The van der Waals surface area contributed by atoms with Crippen molar-refractivity contribution in [2.75, 3.05) is 33.5 Å². The van der Waals surface area contributed by atoms with E-state index in [0.29, 0.717) is 62.2 Å². The van der Waals surface area contributed by atoms with Crippen molar-refractivity contribution < 1.29 is 42.8 Å². The molecule has 0 amide bonds. The summed E-state index contributed by atoms with van der Waals surface area (Å²) in [6.07, 6.45) is 9.85. The Morgan fingerprint density at radius 2 is 1.17 bits per heavy atom. The summed E-state index contributed by atoms with van der Waals surface area (Å²) in [4.78, 5) is 39.0. The van der Waals surface area contributed by atoms with Crippen LogP contribution in [-0.4, -0.2) is 57.7 Å². The number of aliphatic imine (C=N–C) groups is 1. The highest BCUT2D eigenvalue weighted by molar-refractivity contribution is 5.89. The van der Waals surface area contributed by atoms with Crippen LogP contribution >= 0.6 is 0 Å². The van der Waals surface area contributed by atoms with Gasteiger partial charge in [0.25, 0.3) is 0 Å². The lowest BCUT2D eigenvalue weighted by Crippen LogP contribution is -2.04. The van der Waals surface area contributed by atoms with Gasteiger partial charge in [-0.25, -0.2) is 14.4 Å². The Kier molecular flexibility index (Phi) is 15.6. The van der Waals surface area contributed by atoms with Crippen LogP contribution in [0, 0.1) is 0 Å². The van der Waals surface area contributed by atoms with E-state index in [4.69, 9.17) is 28.4 Å². The maximum atomic E-state index is 12.4. The van der Waals surface area contributed by atoms with Gasteiger partial charge < -0.3 is 28.4 Å². The fourth-order valence-corrected chi connectivity index (χ4v) is 3.86. The van der Waals surface area contributed by atoms with Gasteiger partial charge in [0.1, 0.15) is 28.7 Å². The summed E-state index contributed by atoms with van der Waals surface area (Å²) in [5.41, 5.74) is 2.23. The minimum atomic E-state index is -0.542. The number of hydrogen-bond acceptors (Lipinski definition) is 10. The van der Waals surface area contributed by atoms with Crippen molar-refractivity contribution in [3.05, 3.63) is 109 Å². The summed E-state index contributed by atoms with van der Waals surface area (Å²) < 4.78 is 32.2. The van der Waals surface area contributed by atoms with Crippen molar-refractivity contribution in [1.29, 1.82) is 0 Å². The third kappa shape index (κ3) is 13.9. The standard InChI is InChI=1S/C37H39NO9/c1-4-35(39)45-24-8-6-22-43-30-15-10-28(11-16-30)14-21-37(41)47-32-19-20-33(34(26-32)42-3)38-27-29-12-17-31(18-13-29)44-23-7-9-25-46-36(40)5-2/h4-5,10-21,26-27H,1-2,6-9,22-25H2,3H3/b21-14+,38-27+. The average molecular weight is 642 g/mol. The predicted molar refractivity (Wildman–Crippen MR) is 180 cm³/mol. The fourth-order valence-electron chi connectivity index (χ4n) is 3.86. The van der Waals surface area contributed by atoms with Gasteiger partial charge in [-0.15, -0.1) is 0 Å². The molecule has 0 unspecified atom stereocenters. The number of carbonyl (C=O) groups excluding carboxylic acids is 3. The van der Waals surface area contributed by atoms with Gasteiger partial charge in [-0.3, -0.25) is 4.99 Å². The van der Waals surface area contributed by atoms with Gasteiger partial charge in [-0.05, 0) is 91.4 Å². The molecule has 246 valence electrons. The van der Waals surface area contributed by atoms with Gasteiger partial charge in [0.15, 0.2) is 0 Å². The Hall–Kier alpha value is -5.64. The molecule has 0 N–H and O–H groups in total. The normalized spacial score (nSPS) is 10.7. The minimum Gasteiger partial charge on any atom is -0.494 e. The van der Waals surface area contributed by atoms with Crippen molar-refractivity contribution in [2.45, 2.75) is 25.7 Å². The molecule has 0 spiro atoms. The highest BCUT2D eigenvalue weighted by Gasteiger charge is 2.07. The first-order valence-corrected chi connectivity index (χ1v) is 15.1. The van der Waals surface area contributed by atoms with E-state index in [2.05, 4.69) is 18.2 Å². The van der Waals surface area contributed by atoms with Crippen LogP contribution in [0.3, 0.4) is 0 Å². The van der Waals surface area contributed by atoms with Crippen LogP contribution in [0.15, 0.2) is 103 Å². The fraction of sp³-hybridized carbons (Fsp3) is 0.243. The lowest BCUT2D eigenvalue weighted by Gasteiger charge is -2.08. The molecule has 0 saturated carbocycles. The van der Waals surface area contributed by atoms with Crippen LogP contribution in [0.1, 0.15) is 36.8 Å². The van der Waals surface area contributed by atoms with Crippen LogP contribution in [0.4, 0.5) is 5.69 Å². The highest BCUT2D eigenvalue weighted by Crippen LogP contribution is 2.31. The molecule has 3 rings (SSSR count). The second kappa shape index (κ2) is 20.4. The van der Waals surface area contributed by atoms with Gasteiger partial charge >= 0.3 is 17.9 Å².